The first-order valence-electron chi connectivity index (χ1n) is 10.3. The molecule has 4 N–H and O–H groups in total. The van der Waals surface area contributed by atoms with Crippen LogP contribution in [0.2, 0.25) is 10.0 Å². The molecule has 2 amide bonds. The van der Waals surface area contributed by atoms with Gasteiger partial charge in [-0.05, 0) is 30.5 Å². The van der Waals surface area contributed by atoms with Gasteiger partial charge in [-0.2, -0.15) is 0 Å². The van der Waals surface area contributed by atoms with Gasteiger partial charge >= 0.3 is 13.1 Å². The summed E-state index contributed by atoms with van der Waals surface area (Å²) in [5.41, 5.74) is -1.49. The van der Waals surface area contributed by atoms with Gasteiger partial charge in [0.2, 0.25) is 5.91 Å². The number of carboxylic acid groups (broad SMARTS) is 1. The molecule has 0 saturated carbocycles. The van der Waals surface area contributed by atoms with Crippen LogP contribution in [0, 0.1) is 5.92 Å². The van der Waals surface area contributed by atoms with Crippen molar-refractivity contribution < 1.29 is 33.6 Å². The number of halogens is 2. The van der Waals surface area contributed by atoms with Crippen molar-refractivity contribution in [2.24, 2.45) is 5.92 Å². The number of carbonyl (C=O) groups is 4. The van der Waals surface area contributed by atoms with Crippen LogP contribution in [0.3, 0.4) is 0 Å². The lowest BCUT2D eigenvalue weighted by Gasteiger charge is -2.39. The van der Waals surface area contributed by atoms with E-state index in [2.05, 4.69) is 16.0 Å². The van der Waals surface area contributed by atoms with Crippen molar-refractivity contribution in [3.63, 3.8) is 0 Å². The van der Waals surface area contributed by atoms with Gasteiger partial charge in [-0.25, -0.2) is 0 Å². The van der Waals surface area contributed by atoms with E-state index in [0.29, 0.717) is 22.2 Å². The van der Waals surface area contributed by atoms with Crippen LogP contribution in [-0.4, -0.2) is 61.1 Å². The van der Waals surface area contributed by atoms with Crippen LogP contribution in [0.1, 0.15) is 33.1 Å². The second-order valence-corrected chi connectivity index (χ2v) is 8.92. The Hall–Kier alpha value is -2.50. The molecular formula is C20H26BCl2N3O7. The van der Waals surface area contributed by atoms with Crippen molar-refractivity contribution in [2.45, 2.75) is 44.7 Å². The topological polar surface area (TPSA) is 143 Å². The summed E-state index contributed by atoms with van der Waals surface area (Å²) in [7, 11) is -0.0476. The van der Waals surface area contributed by atoms with E-state index in [1.54, 1.807) is 18.2 Å². The van der Waals surface area contributed by atoms with E-state index in [-0.39, 0.29) is 12.5 Å². The van der Waals surface area contributed by atoms with Gasteiger partial charge in [0.15, 0.2) is 5.60 Å². The molecule has 33 heavy (non-hydrogen) atoms. The van der Waals surface area contributed by atoms with Crippen LogP contribution in [0.15, 0.2) is 18.2 Å². The largest absolute Gasteiger partial charge is 0.552 e. The monoisotopic (exact) mass is 501 g/mol. The number of rotatable bonds is 10. The lowest BCUT2D eigenvalue weighted by Crippen LogP contribution is -2.63. The molecule has 1 aliphatic rings. The molecule has 1 fully saturated rings. The Morgan fingerprint density at radius 2 is 1.97 bits per heavy atom. The van der Waals surface area contributed by atoms with Gasteiger partial charge in [-0.15, -0.1) is 0 Å². The summed E-state index contributed by atoms with van der Waals surface area (Å²) in [5, 5.41) is 18.0. The highest BCUT2D eigenvalue weighted by molar-refractivity contribution is 6.50. The smallest absolute Gasteiger partial charge is 0.508 e. The third kappa shape index (κ3) is 7.51. The summed E-state index contributed by atoms with van der Waals surface area (Å²) in [5.74, 6) is -4.15. The van der Waals surface area contributed by atoms with Crippen molar-refractivity contribution in [1.82, 2.24) is 10.6 Å². The first-order chi connectivity index (χ1) is 15.5. The van der Waals surface area contributed by atoms with E-state index in [4.69, 9.17) is 32.5 Å². The number of benzene rings is 1. The van der Waals surface area contributed by atoms with Crippen molar-refractivity contribution >= 4 is 59.8 Å². The van der Waals surface area contributed by atoms with Crippen LogP contribution in [0.25, 0.3) is 0 Å². The molecule has 180 valence electrons. The first-order valence-corrected chi connectivity index (χ1v) is 11.0. The fraction of sp³-hybridized carbons (Fsp3) is 0.500. The maximum absolute atomic E-state index is 12.6. The van der Waals surface area contributed by atoms with Crippen molar-refractivity contribution in [3.05, 3.63) is 28.2 Å². The molecule has 0 bridgehead atoms. The normalized spacial score (nSPS) is 19.0. The maximum atomic E-state index is 12.6. The average Bonchev–Trinajstić information content (AvgIpc) is 2.72. The molecular weight excluding hydrogens is 476 g/mol. The number of carboxylic acids is 1. The van der Waals surface area contributed by atoms with Crippen LogP contribution in [-0.2, 0) is 28.5 Å². The third-order valence-corrected chi connectivity index (χ3v) is 5.43. The molecule has 13 heteroatoms. The first kappa shape index (κ1) is 26.8. The lowest BCUT2D eigenvalue weighted by molar-refractivity contribution is -0.164. The fourth-order valence-corrected chi connectivity index (χ4v) is 3.82. The van der Waals surface area contributed by atoms with Gasteiger partial charge in [0, 0.05) is 12.1 Å². The standard InChI is InChI=1S/C20H26BCl2N3O7/c1-11(2)6-15(26-16(27)10-25-14-7-12(22)4-5-13(14)23)21-32-18(30)9-20(33-21,8-17(28)29)19(31)24-3/h4-5,7,11,15,25H,6,8-10H2,1-3H3,(H,24,31)(H,26,27)(H,28,29)/t15-,20+/m0/s1. The molecule has 2 atom stereocenters. The minimum atomic E-state index is -1.95. The van der Waals surface area contributed by atoms with E-state index in [0.717, 1.165) is 0 Å². The molecule has 0 spiro atoms. The van der Waals surface area contributed by atoms with Crippen molar-refractivity contribution in [1.29, 1.82) is 0 Å². The van der Waals surface area contributed by atoms with Crippen LogP contribution >= 0.6 is 23.2 Å². The highest BCUT2D eigenvalue weighted by atomic mass is 35.5. The number of carbonyl (C=O) groups excluding carboxylic acids is 3. The predicted octanol–water partition coefficient (Wildman–Crippen LogP) is 1.89. The second-order valence-electron chi connectivity index (χ2n) is 8.08. The number of hydrogen-bond acceptors (Lipinski definition) is 7. The fourth-order valence-electron chi connectivity index (χ4n) is 3.46. The predicted molar refractivity (Wildman–Crippen MR) is 123 cm³/mol. The summed E-state index contributed by atoms with van der Waals surface area (Å²) < 4.78 is 11.0. The number of nitrogens with one attached hydrogen (secondary N) is 3. The van der Waals surface area contributed by atoms with Gasteiger partial charge in [0.1, 0.15) is 0 Å². The molecule has 0 radical (unpaired) electrons. The minimum Gasteiger partial charge on any atom is -0.508 e. The number of aliphatic carboxylic acids is 1. The molecule has 0 aliphatic carbocycles. The Balaban J connectivity index is 2.18. The molecule has 0 unspecified atom stereocenters. The van der Waals surface area contributed by atoms with E-state index >= 15 is 0 Å². The molecule has 1 heterocycles. The number of hydrogen-bond donors (Lipinski definition) is 4. The van der Waals surface area contributed by atoms with Gasteiger partial charge in [-0.3, -0.25) is 19.2 Å². The SMILES string of the molecule is CNC(=O)[C@@]1(CC(=O)O)CC(=O)OB([C@H](CC(C)C)NC(=O)CNc2cc(Cl)ccc2Cl)O1. The highest BCUT2D eigenvalue weighted by Gasteiger charge is 2.54. The number of likely N-dealkylation sites (N-methyl/N-ethyl adjacent to an activating group) is 1. The lowest BCUT2D eigenvalue weighted by atomic mass is 9.70. The zero-order valence-electron chi connectivity index (χ0n) is 18.4. The Morgan fingerprint density at radius 1 is 1.27 bits per heavy atom. The van der Waals surface area contributed by atoms with Crippen molar-refractivity contribution in [3.8, 4) is 0 Å². The Kier molecular flexibility index (Phi) is 9.39. The van der Waals surface area contributed by atoms with Crippen LogP contribution in [0.5, 0.6) is 0 Å². The molecule has 0 aromatic heterocycles. The Labute approximate surface area is 201 Å². The van der Waals surface area contributed by atoms with Crippen molar-refractivity contribution in [2.75, 3.05) is 18.9 Å². The molecule has 1 saturated heterocycles. The quantitative estimate of drug-likeness (QED) is 0.356. The minimum absolute atomic E-state index is 0.0451. The van der Waals surface area contributed by atoms with Gasteiger partial charge < -0.3 is 30.4 Å². The summed E-state index contributed by atoms with van der Waals surface area (Å²) in [6.45, 7) is 3.60. The Morgan fingerprint density at radius 3 is 2.58 bits per heavy atom. The summed E-state index contributed by atoms with van der Waals surface area (Å²) in [4.78, 5) is 48.8. The molecule has 1 aromatic carbocycles. The maximum Gasteiger partial charge on any atom is 0.552 e. The average molecular weight is 502 g/mol. The van der Waals surface area contributed by atoms with Gasteiger partial charge in [0.05, 0.1) is 36.0 Å². The van der Waals surface area contributed by atoms with E-state index in [1.165, 1.54) is 7.05 Å². The summed E-state index contributed by atoms with van der Waals surface area (Å²) in [6, 6.07) is 4.76. The molecule has 1 aromatic rings. The number of anilines is 1. The van der Waals surface area contributed by atoms with E-state index < -0.39 is 55.3 Å². The zero-order valence-corrected chi connectivity index (χ0v) is 20.0. The van der Waals surface area contributed by atoms with Gasteiger partial charge in [0.25, 0.3) is 11.9 Å². The van der Waals surface area contributed by atoms with Crippen LogP contribution in [0.4, 0.5) is 5.69 Å². The van der Waals surface area contributed by atoms with E-state index in [1.807, 2.05) is 13.8 Å². The van der Waals surface area contributed by atoms with Gasteiger partial charge in [-0.1, -0.05) is 37.0 Å². The third-order valence-electron chi connectivity index (χ3n) is 4.86. The van der Waals surface area contributed by atoms with Crippen LogP contribution < -0.4 is 16.0 Å². The molecule has 1 aliphatic heterocycles. The number of amides is 2. The summed E-state index contributed by atoms with van der Waals surface area (Å²) >= 11 is 12.0. The summed E-state index contributed by atoms with van der Waals surface area (Å²) in [6.07, 6.45) is -0.972. The van der Waals surface area contributed by atoms with E-state index in [9.17, 15) is 24.3 Å². The second kappa shape index (κ2) is 11.6. The molecule has 2 rings (SSSR count). The highest BCUT2D eigenvalue weighted by Crippen LogP contribution is 2.30. The Bertz CT molecular complexity index is 914. The molecule has 10 nitrogen and oxygen atoms in total. The zero-order chi connectivity index (χ0) is 24.8.